The minimum Gasteiger partial charge on any atom is -0.316 e. The van der Waals surface area contributed by atoms with Crippen LogP contribution in [0.5, 0.6) is 0 Å². The molecule has 4 aromatic rings. The quantitative estimate of drug-likeness (QED) is 0.349. The number of benzene rings is 4. The molecule has 5 heteroatoms. The summed E-state index contributed by atoms with van der Waals surface area (Å²) in [6, 6.07) is 29.2. The average Bonchev–Trinajstić information content (AvgIpc) is 2.77. The van der Waals surface area contributed by atoms with Gasteiger partial charge in [0.1, 0.15) is 0 Å². The Labute approximate surface area is 185 Å². The summed E-state index contributed by atoms with van der Waals surface area (Å²) in [5.41, 5.74) is 2.75. The van der Waals surface area contributed by atoms with Crippen LogP contribution in [0.3, 0.4) is 0 Å². The van der Waals surface area contributed by atoms with Gasteiger partial charge in [-0.05, 0) is 40.1 Å². The Bertz CT molecular complexity index is 1170. The fourth-order valence-corrected chi connectivity index (χ4v) is 3.71. The number of rotatable bonds is 5. The van der Waals surface area contributed by atoms with Crippen molar-refractivity contribution in [1.82, 2.24) is 4.90 Å². The smallest absolute Gasteiger partial charge is 0.316 e. The van der Waals surface area contributed by atoms with E-state index in [1.807, 2.05) is 48.5 Å². The zero-order valence-corrected chi connectivity index (χ0v) is 17.7. The lowest BCUT2D eigenvalue weighted by Gasteiger charge is -2.24. The van der Waals surface area contributed by atoms with Crippen molar-refractivity contribution in [2.45, 2.75) is 13.1 Å². The molecule has 3 nitrogen and oxygen atoms in total. The molecule has 0 heterocycles. The standard InChI is InChI=1S/C25H20Cl2N2O/c26-23-14-13-21(15-24(23)27)28-25(30)29(16-18-7-2-1-3-8-18)17-20-11-6-10-19-9-4-5-12-22(19)20/h1-15H,16-17H2,(H,28,30). The molecular formula is C25H20Cl2N2O. The van der Waals surface area contributed by atoms with Crippen LogP contribution in [0.1, 0.15) is 11.1 Å². The number of carbonyl (C=O) groups is 1. The molecule has 0 aliphatic heterocycles. The van der Waals surface area contributed by atoms with Gasteiger partial charge in [0.05, 0.1) is 10.0 Å². The number of halogens is 2. The first-order valence-electron chi connectivity index (χ1n) is 9.62. The fourth-order valence-electron chi connectivity index (χ4n) is 3.42. The highest BCUT2D eigenvalue weighted by atomic mass is 35.5. The van der Waals surface area contributed by atoms with Crippen LogP contribution in [0, 0.1) is 0 Å². The van der Waals surface area contributed by atoms with E-state index in [1.165, 1.54) is 0 Å². The second-order valence-corrected chi connectivity index (χ2v) is 7.85. The largest absolute Gasteiger partial charge is 0.322 e. The number of carbonyl (C=O) groups excluding carboxylic acids is 1. The van der Waals surface area contributed by atoms with Gasteiger partial charge in [-0.15, -0.1) is 0 Å². The van der Waals surface area contributed by atoms with Gasteiger partial charge in [0.2, 0.25) is 0 Å². The van der Waals surface area contributed by atoms with Gasteiger partial charge < -0.3 is 10.2 Å². The Hall–Kier alpha value is -3.01. The molecule has 0 aromatic heterocycles. The third-order valence-corrected chi connectivity index (χ3v) is 5.65. The van der Waals surface area contributed by atoms with E-state index < -0.39 is 0 Å². The molecule has 0 unspecified atom stereocenters. The highest BCUT2D eigenvalue weighted by molar-refractivity contribution is 6.42. The summed E-state index contributed by atoms with van der Waals surface area (Å²) >= 11 is 12.1. The van der Waals surface area contributed by atoms with Crippen LogP contribution in [-0.2, 0) is 13.1 Å². The Kier molecular flexibility index (Phi) is 6.22. The summed E-state index contributed by atoms with van der Waals surface area (Å²) in [6.45, 7) is 0.959. The van der Waals surface area contributed by atoms with Gasteiger partial charge in [-0.2, -0.15) is 0 Å². The fraction of sp³-hybridized carbons (Fsp3) is 0.0800. The SMILES string of the molecule is O=C(Nc1ccc(Cl)c(Cl)c1)N(Cc1ccccc1)Cc1cccc2ccccc12. The van der Waals surface area contributed by atoms with Crippen LogP contribution in [-0.4, -0.2) is 10.9 Å². The number of fused-ring (bicyclic) bond motifs is 1. The van der Waals surface area contributed by atoms with Crippen molar-refractivity contribution in [3.8, 4) is 0 Å². The summed E-state index contributed by atoms with van der Waals surface area (Å²) in [7, 11) is 0. The molecule has 1 N–H and O–H groups in total. The number of urea groups is 1. The van der Waals surface area contributed by atoms with Crippen LogP contribution in [0.15, 0.2) is 91.0 Å². The second kappa shape index (κ2) is 9.21. The predicted molar refractivity (Wildman–Crippen MR) is 125 cm³/mol. The molecule has 0 aliphatic carbocycles. The Morgan fingerprint density at radius 1 is 0.767 bits per heavy atom. The lowest BCUT2D eigenvalue weighted by atomic mass is 10.0. The highest BCUT2D eigenvalue weighted by Gasteiger charge is 2.16. The number of anilines is 1. The maximum absolute atomic E-state index is 13.2. The lowest BCUT2D eigenvalue weighted by molar-refractivity contribution is 0.206. The first kappa shape index (κ1) is 20.3. The average molecular weight is 435 g/mol. The molecule has 30 heavy (non-hydrogen) atoms. The van der Waals surface area contributed by atoms with Crippen LogP contribution < -0.4 is 5.32 Å². The van der Waals surface area contributed by atoms with Gasteiger partial charge in [-0.3, -0.25) is 0 Å². The second-order valence-electron chi connectivity index (χ2n) is 7.04. The van der Waals surface area contributed by atoms with Crippen molar-refractivity contribution in [3.63, 3.8) is 0 Å². The molecule has 0 radical (unpaired) electrons. The Morgan fingerprint density at radius 3 is 2.30 bits per heavy atom. The molecule has 0 bridgehead atoms. The van der Waals surface area contributed by atoms with Crippen molar-refractivity contribution in [1.29, 1.82) is 0 Å². The molecule has 0 saturated heterocycles. The minimum atomic E-state index is -0.204. The molecule has 0 atom stereocenters. The first-order chi connectivity index (χ1) is 14.6. The molecule has 150 valence electrons. The van der Waals surface area contributed by atoms with E-state index in [2.05, 4.69) is 29.6 Å². The zero-order chi connectivity index (χ0) is 20.9. The summed E-state index contributed by atoms with van der Waals surface area (Å²) in [5.74, 6) is 0. The maximum atomic E-state index is 13.2. The summed E-state index contributed by atoms with van der Waals surface area (Å²) in [4.78, 5) is 15.0. The van der Waals surface area contributed by atoms with Crippen molar-refractivity contribution in [3.05, 3.63) is 112 Å². The number of hydrogen-bond acceptors (Lipinski definition) is 1. The van der Waals surface area contributed by atoms with Crippen LogP contribution in [0.4, 0.5) is 10.5 Å². The molecule has 2 amide bonds. The van der Waals surface area contributed by atoms with Crippen LogP contribution in [0.2, 0.25) is 10.0 Å². The van der Waals surface area contributed by atoms with Gasteiger partial charge in [-0.25, -0.2) is 4.79 Å². The predicted octanol–water partition coefficient (Wildman–Crippen LogP) is 7.38. The first-order valence-corrected chi connectivity index (χ1v) is 10.4. The summed E-state index contributed by atoms with van der Waals surface area (Å²) in [6.07, 6.45) is 0. The van der Waals surface area contributed by atoms with E-state index >= 15 is 0 Å². The third-order valence-electron chi connectivity index (χ3n) is 4.92. The number of nitrogens with one attached hydrogen (secondary N) is 1. The number of hydrogen-bond donors (Lipinski definition) is 1. The van der Waals surface area contributed by atoms with Crippen molar-refractivity contribution in [2.24, 2.45) is 0 Å². The van der Waals surface area contributed by atoms with E-state index in [1.54, 1.807) is 23.1 Å². The highest BCUT2D eigenvalue weighted by Crippen LogP contribution is 2.26. The van der Waals surface area contributed by atoms with Crippen LogP contribution >= 0.6 is 23.2 Å². The van der Waals surface area contributed by atoms with E-state index in [-0.39, 0.29) is 6.03 Å². The topological polar surface area (TPSA) is 32.3 Å². The van der Waals surface area contributed by atoms with E-state index in [9.17, 15) is 4.79 Å². The Balaban J connectivity index is 1.63. The number of nitrogens with zero attached hydrogens (tertiary/aromatic N) is 1. The molecule has 0 aliphatic rings. The van der Waals surface area contributed by atoms with E-state index in [0.29, 0.717) is 28.8 Å². The maximum Gasteiger partial charge on any atom is 0.322 e. The molecule has 0 saturated carbocycles. The summed E-state index contributed by atoms with van der Waals surface area (Å²) < 4.78 is 0. The molecular weight excluding hydrogens is 415 g/mol. The molecule has 0 spiro atoms. The van der Waals surface area contributed by atoms with Gasteiger partial charge in [-0.1, -0.05) is 96.0 Å². The molecule has 4 rings (SSSR count). The van der Waals surface area contributed by atoms with Gasteiger partial charge in [0.25, 0.3) is 0 Å². The Morgan fingerprint density at radius 2 is 1.50 bits per heavy atom. The van der Waals surface area contributed by atoms with Gasteiger partial charge in [0.15, 0.2) is 0 Å². The van der Waals surface area contributed by atoms with Crippen LogP contribution in [0.25, 0.3) is 10.8 Å². The number of amides is 2. The molecule has 4 aromatic carbocycles. The van der Waals surface area contributed by atoms with Crippen molar-refractivity contribution < 1.29 is 4.79 Å². The van der Waals surface area contributed by atoms with E-state index in [4.69, 9.17) is 23.2 Å². The van der Waals surface area contributed by atoms with Crippen molar-refractivity contribution >= 4 is 45.7 Å². The minimum absolute atomic E-state index is 0.204. The lowest BCUT2D eigenvalue weighted by Crippen LogP contribution is -2.34. The third kappa shape index (κ3) is 4.76. The normalized spacial score (nSPS) is 10.7. The van der Waals surface area contributed by atoms with Gasteiger partial charge >= 0.3 is 6.03 Å². The molecule has 0 fully saturated rings. The summed E-state index contributed by atoms with van der Waals surface area (Å²) in [5, 5.41) is 6.09. The zero-order valence-electron chi connectivity index (χ0n) is 16.2. The monoisotopic (exact) mass is 434 g/mol. The van der Waals surface area contributed by atoms with Crippen molar-refractivity contribution in [2.75, 3.05) is 5.32 Å². The van der Waals surface area contributed by atoms with Gasteiger partial charge in [0, 0.05) is 18.8 Å². The van der Waals surface area contributed by atoms with E-state index in [0.717, 1.165) is 21.9 Å².